The minimum Gasteiger partial charge on any atom is -1.00 e. The van der Waals surface area contributed by atoms with Crippen molar-refractivity contribution >= 4 is 74.5 Å². The second-order valence-electron chi connectivity index (χ2n) is 23.3. The average molecular weight is 1370 g/mol. The summed E-state index contributed by atoms with van der Waals surface area (Å²) in [7, 11) is 8.47. The molecule has 3 saturated carbocycles. The first-order valence-electron chi connectivity index (χ1n) is 29.5. The summed E-state index contributed by atoms with van der Waals surface area (Å²) in [5.74, 6) is 10.4. The monoisotopic (exact) mass is 1360 g/mol. The van der Waals surface area contributed by atoms with Gasteiger partial charge >= 0.3 is 29.0 Å². The van der Waals surface area contributed by atoms with Crippen molar-refractivity contribution in [2.75, 3.05) is 14.2 Å². The van der Waals surface area contributed by atoms with Crippen molar-refractivity contribution in [3.05, 3.63) is 185 Å². The predicted octanol–water partition coefficient (Wildman–Crippen LogP) is 5.49. The van der Waals surface area contributed by atoms with E-state index in [2.05, 4.69) is 100 Å². The first-order chi connectivity index (χ1) is 43.2. The van der Waals surface area contributed by atoms with Gasteiger partial charge in [-0.25, -0.2) is 59.6 Å². The van der Waals surface area contributed by atoms with Crippen LogP contribution in [0.3, 0.4) is 0 Å². The number of aromatic nitrogens is 21. The fourth-order valence-corrected chi connectivity index (χ4v) is 11.9. The van der Waals surface area contributed by atoms with E-state index in [1.54, 1.807) is 27.9 Å². The molecule has 2 N–H and O–H groups in total. The van der Waals surface area contributed by atoms with Crippen LogP contribution in [-0.2, 0) is 31.5 Å². The third-order valence-electron chi connectivity index (χ3n) is 16.5. The van der Waals surface area contributed by atoms with Gasteiger partial charge in [-0.05, 0) is 111 Å². The van der Waals surface area contributed by atoms with Gasteiger partial charge in [0.05, 0.1) is 57.3 Å². The summed E-state index contributed by atoms with van der Waals surface area (Å²) in [6.45, 7) is 14.5. The fourth-order valence-electron chi connectivity index (χ4n) is 11.9. The Bertz CT molecular complexity index is 4790. The molecule has 26 nitrogen and oxygen atoms in total. The van der Waals surface area contributed by atoms with Crippen LogP contribution >= 0.6 is 12.4 Å². The molecule has 6 atom stereocenters. The number of halogens is 2. The maximum Gasteiger partial charge on any atom is 2.00 e. The van der Waals surface area contributed by atoms with Crippen LogP contribution in [0.25, 0.3) is 50.6 Å². The number of rotatable bonds is 11. The van der Waals surface area contributed by atoms with E-state index in [0.29, 0.717) is 52.5 Å². The number of aliphatic hydroxyl groups excluding tert-OH is 1. The largest absolute Gasteiger partial charge is 2.00 e. The molecule has 0 amide bonds. The first-order valence-corrected chi connectivity index (χ1v) is 29.5. The molecule has 94 heavy (non-hydrogen) atoms. The fraction of sp³-hybridized carbons (Fsp3) is 0.354. The number of nitriles is 1. The summed E-state index contributed by atoms with van der Waals surface area (Å²) >= 11 is 0. The zero-order chi connectivity index (χ0) is 63.6. The molecule has 29 heteroatoms. The van der Waals surface area contributed by atoms with Crippen LogP contribution in [0.15, 0.2) is 91.0 Å². The van der Waals surface area contributed by atoms with Gasteiger partial charge < -0.3 is 53.1 Å². The van der Waals surface area contributed by atoms with Crippen molar-refractivity contribution in [2.24, 2.45) is 21.1 Å². The summed E-state index contributed by atoms with van der Waals surface area (Å²) < 4.78 is 16.3. The number of carbonyl (C=O) groups is 1. The molecule has 3 aliphatic carbocycles. The average Bonchev–Trinajstić information content (AvgIpc) is 1.61. The molecule has 12 aromatic rings. The van der Waals surface area contributed by atoms with Crippen LogP contribution in [0.4, 0.5) is 0 Å². The van der Waals surface area contributed by atoms with Gasteiger partial charge in [-0.3, -0.25) is 0 Å². The van der Waals surface area contributed by atoms with Crippen LogP contribution in [0.5, 0.6) is 0 Å². The van der Waals surface area contributed by atoms with Gasteiger partial charge in [-0.1, -0.05) is 36.4 Å². The van der Waals surface area contributed by atoms with E-state index < -0.39 is 11.6 Å². The molecule has 3 aromatic carbocycles. The number of aliphatic hydroxyl groups is 2. The number of para-hydroxylation sites is 6. The van der Waals surface area contributed by atoms with Crippen molar-refractivity contribution in [3.63, 3.8) is 0 Å². The number of imidazole rings is 3. The van der Waals surface area contributed by atoms with Crippen molar-refractivity contribution in [2.45, 2.75) is 116 Å². The number of nitrogens with zero attached hydrogens (tertiary/aromatic N) is 22. The Kier molecular flexibility index (Phi) is 21.4. The van der Waals surface area contributed by atoms with Gasteiger partial charge in [0, 0.05) is 82.0 Å². The van der Waals surface area contributed by atoms with Gasteiger partial charge in [0.15, 0.2) is 23.3 Å². The van der Waals surface area contributed by atoms with Crippen LogP contribution in [-0.4, -0.2) is 156 Å². The number of ether oxygens (including phenoxy) is 1. The Morgan fingerprint density at radius 3 is 1.19 bits per heavy atom. The Morgan fingerprint density at radius 2 is 0.862 bits per heavy atom. The number of benzene rings is 3. The number of aryl methyl sites for hydroxylation is 9. The maximum atomic E-state index is 12.2. The Balaban J connectivity index is 0.000000175. The van der Waals surface area contributed by atoms with Crippen LogP contribution in [0.1, 0.15) is 160 Å². The molecule has 0 spiro atoms. The molecule has 0 aliphatic heterocycles. The summed E-state index contributed by atoms with van der Waals surface area (Å²) in [4.78, 5) is 66.7. The number of hydrogen-bond acceptors (Lipinski definition) is 20. The normalized spacial score (nSPS) is 17.3. The second-order valence-corrected chi connectivity index (χ2v) is 23.3. The van der Waals surface area contributed by atoms with E-state index in [9.17, 15) is 15.2 Å². The summed E-state index contributed by atoms with van der Waals surface area (Å²) in [5.41, 5.74) is 7.73. The number of carbonyl (C=O) groups excluding carboxylic acids is 1. The topological polar surface area (TPSA) is 313 Å². The Morgan fingerprint density at radius 1 is 0.521 bits per heavy atom. The van der Waals surface area contributed by atoms with Crippen molar-refractivity contribution < 1.29 is 36.7 Å². The maximum absolute atomic E-state index is 12.2. The molecule has 9 heterocycles. The van der Waals surface area contributed by atoms with Gasteiger partial charge in [-0.15, -0.1) is 27.7 Å². The van der Waals surface area contributed by atoms with Crippen LogP contribution in [0.2, 0.25) is 0 Å². The van der Waals surface area contributed by atoms with Crippen molar-refractivity contribution in [1.29, 1.82) is 5.26 Å². The van der Waals surface area contributed by atoms with E-state index in [1.165, 1.54) is 7.11 Å². The molecule has 3 aliphatic rings. The molecular formula is C65H72BrClMgN22O4. The number of methoxy groups -OCH3 is 1. The number of fused-ring (bicyclic) bond motifs is 3. The third kappa shape index (κ3) is 14.0. The molecule has 9 aromatic heterocycles. The molecule has 482 valence electrons. The zero-order valence-electron chi connectivity index (χ0n) is 54.8. The smallest absolute Gasteiger partial charge is 1.00 e. The van der Waals surface area contributed by atoms with Gasteiger partial charge in [0.1, 0.15) is 64.1 Å². The molecule has 3 unspecified atom stereocenters. The molecule has 0 saturated heterocycles. The van der Waals surface area contributed by atoms with Crippen LogP contribution < -0.4 is 17.0 Å². The SMILES string of the molecule is CO.COC(=O)c1nc(C2C[C@H]2c2nc3ccccc3n2C)cc(-n2nc(C)nc2C)n1.Cc1nc(C)n(-c2cc(C3C[C@H]3c3nc4ccccc4n3C)nc(C#N)n2)n1.Cc1nc(C)n(-c2cc(C3C[C@H]3c3nc4ccccc4n3C)nc(C(C)(C)O)n2)n1.Cl.[Br-].[CH3-].[Mg+2]. The second kappa shape index (κ2) is 28.4. The molecule has 15 rings (SSSR count). The van der Waals surface area contributed by atoms with E-state index in [4.69, 9.17) is 29.8 Å². The van der Waals surface area contributed by atoms with E-state index >= 15 is 0 Å². The first kappa shape index (κ1) is 71.0. The molecular weight excluding hydrogens is 1290 g/mol. The number of esters is 1. The van der Waals surface area contributed by atoms with Crippen molar-refractivity contribution in [1.82, 2.24) is 103 Å². The molecule has 0 bridgehead atoms. The van der Waals surface area contributed by atoms with Gasteiger partial charge in [0.25, 0.3) is 0 Å². The minimum atomic E-state index is -1.16. The van der Waals surface area contributed by atoms with Gasteiger partial charge in [0.2, 0.25) is 11.6 Å². The quantitative estimate of drug-likeness (QED) is 0.0919. The molecule has 0 radical (unpaired) electrons. The summed E-state index contributed by atoms with van der Waals surface area (Å²) in [5, 5.41) is 40.2. The Labute approximate surface area is 575 Å². The minimum absolute atomic E-state index is 0. The van der Waals surface area contributed by atoms with Gasteiger partial charge in [-0.2, -0.15) is 24.3 Å². The van der Waals surface area contributed by atoms with E-state index in [-0.39, 0.29) is 101 Å². The van der Waals surface area contributed by atoms with Crippen molar-refractivity contribution in [3.8, 4) is 23.5 Å². The van der Waals surface area contributed by atoms with E-state index in [1.807, 2.05) is 128 Å². The Hall–Kier alpha value is -8.85. The van der Waals surface area contributed by atoms with E-state index in [0.717, 1.165) is 106 Å². The standard InChI is InChI=1S/C22H25N7O.C21H21N7O2.C20H18N8.CH4O.CH3.BrH.ClH.Mg/c1-12-23-13(2)29(27-12)19-11-17(25-21(26-19)22(3,4)30)14-10-15(14)20-24-16-8-6-7-9-18(16)28(20)5;1-11-22-12(2)28(26-11)18-10-16(23-19(25-18)21(29)30-4)13-9-14(13)20-24-15-7-5-6-8-17(15)27(20)3;1-11-22-12(2)28(26-11)19-9-16(23-18(10-21)25-19)13-8-14(13)20-24-15-6-4-5-7-17(15)27(20)3;1-2;;;;/h6-9,11,14-15,30H,10H2,1-5H3;5-8,10,13-14H,9H2,1-4H3;4-7,9,13-14H,8H2,1-3H3;2H,1H3;1H3;2*1H;/q;;;;-1;;;+2/p-1/t14?,15-;2*13?,14-;;;;;/m111...../s1. The third-order valence-corrected chi connectivity index (χ3v) is 16.5. The number of hydrogen-bond donors (Lipinski definition) is 2. The molecule has 3 fully saturated rings. The zero-order valence-corrected chi connectivity index (χ0v) is 58.6. The summed E-state index contributed by atoms with van der Waals surface area (Å²) in [6, 6.07) is 32.2. The predicted molar refractivity (Wildman–Crippen MR) is 351 cm³/mol. The summed E-state index contributed by atoms with van der Waals surface area (Å²) in [6.07, 6.45) is 2.83. The van der Waals surface area contributed by atoms with Crippen LogP contribution in [0, 0.1) is 60.3 Å².